The Hall–Kier alpha value is -0.900. The monoisotopic (exact) mass is 175 g/mol. The van der Waals surface area contributed by atoms with Gasteiger partial charge in [0.05, 0.1) is 18.6 Å². The lowest BCUT2D eigenvalue weighted by atomic mass is 10.1. The molecule has 0 spiro atoms. The lowest BCUT2D eigenvalue weighted by Gasteiger charge is -2.13. The number of nitrogens with one attached hydrogen (secondary N) is 1. The van der Waals surface area contributed by atoms with Crippen LogP contribution in [-0.4, -0.2) is 19.5 Å². The molecule has 2 nitrogen and oxygen atoms in total. The largest absolute Gasteiger partial charge is 0.472 e. The van der Waals surface area contributed by atoms with Gasteiger partial charge in [0.25, 0.3) is 6.43 Å². The van der Waals surface area contributed by atoms with Crippen LogP contribution in [0.4, 0.5) is 8.78 Å². The average molecular weight is 175 g/mol. The molecule has 1 heterocycles. The lowest BCUT2D eigenvalue weighted by molar-refractivity contribution is 0.102. The number of likely N-dealkylation sites (N-methyl/N-ethyl adjacent to an activating group) is 1. The van der Waals surface area contributed by atoms with Crippen molar-refractivity contribution in [1.29, 1.82) is 0 Å². The number of hydrogen-bond acceptors (Lipinski definition) is 2. The SMILES string of the molecule is CNC(Cc1ccoc1)C(F)F. The van der Waals surface area contributed by atoms with Crippen LogP contribution in [0.25, 0.3) is 0 Å². The molecule has 0 radical (unpaired) electrons. The first kappa shape index (κ1) is 9.19. The first-order valence-corrected chi connectivity index (χ1v) is 3.70. The van der Waals surface area contributed by atoms with Crippen molar-refractivity contribution in [3.8, 4) is 0 Å². The summed E-state index contributed by atoms with van der Waals surface area (Å²) in [6.45, 7) is 0. The first-order chi connectivity index (χ1) is 5.74. The Labute approximate surface area is 69.6 Å². The van der Waals surface area contributed by atoms with Crippen LogP contribution in [0.15, 0.2) is 23.0 Å². The van der Waals surface area contributed by atoms with Gasteiger partial charge in [0.1, 0.15) is 0 Å². The molecule has 0 saturated heterocycles. The van der Waals surface area contributed by atoms with Crippen LogP contribution in [0.1, 0.15) is 5.56 Å². The molecule has 1 atom stereocenters. The molecule has 0 aliphatic rings. The number of halogens is 2. The summed E-state index contributed by atoms with van der Waals surface area (Å²) in [5, 5.41) is 2.55. The smallest absolute Gasteiger partial charge is 0.254 e. The molecule has 0 aliphatic heterocycles. The van der Waals surface area contributed by atoms with E-state index in [-0.39, 0.29) is 0 Å². The fraction of sp³-hybridized carbons (Fsp3) is 0.500. The lowest BCUT2D eigenvalue weighted by Crippen LogP contribution is -2.34. The summed E-state index contributed by atoms with van der Waals surface area (Å²) in [6.07, 6.45) is 0.912. The minimum atomic E-state index is -2.34. The standard InChI is InChI=1S/C8H11F2NO/c1-11-7(8(9)10)4-6-2-3-12-5-6/h2-3,5,7-8,11H,4H2,1H3. The van der Waals surface area contributed by atoms with Crippen LogP contribution in [-0.2, 0) is 6.42 Å². The molecule has 0 aliphatic carbocycles. The van der Waals surface area contributed by atoms with Crippen LogP contribution in [0.3, 0.4) is 0 Å². The zero-order chi connectivity index (χ0) is 8.97. The van der Waals surface area contributed by atoms with Gasteiger partial charge in [0.15, 0.2) is 0 Å². The molecule has 0 saturated carbocycles. The fourth-order valence-corrected chi connectivity index (χ4v) is 0.980. The molecule has 1 aromatic heterocycles. The third-order valence-corrected chi connectivity index (χ3v) is 1.71. The number of hydrogen-bond donors (Lipinski definition) is 1. The van der Waals surface area contributed by atoms with Crippen molar-refractivity contribution in [2.24, 2.45) is 0 Å². The van der Waals surface area contributed by atoms with E-state index in [0.29, 0.717) is 6.42 Å². The van der Waals surface area contributed by atoms with Crippen molar-refractivity contribution in [2.45, 2.75) is 18.9 Å². The zero-order valence-corrected chi connectivity index (χ0v) is 6.76. The van der Waals surface area contributed by atoms with Gasteiger partial charge in [-0.05, 0) is 25.1 Å². The van der Waals surface area contributed by atoms with Gasteiger partial charge in [0, 0.05) is 0 Å². The molecule has 4 heteroatoms. The second-order valence-electron chi connectivity index (χ2n) is 2.57. The van der Waals surface area contributed by atoms with Gasteiger partial charge in [-0.25, -0.2) is 8.78 Å². The van der Waals surface area contributed by atoms with Crippen LogP contribution in [0, 0.1) is 0 Å². The summed E-state index contributed by atoms with van der Waals surface area (Å²) in [7, 11) is 1.52. The minimum absolute atomic E-state index is 0.296. The van der Waals surface area contributed by atoms with Crippen molar-refractivity contribution < 1.29 is 13.2 Å². The summed E-state index contributed by atoms with van der Waals surface area (Å²) in [5.41, 5.74) is 0.787. The number of alkyl halides is 2. The Morgan fingerprint density at radius 2 is 2.33 bits per heavy atom. The summed E-state index contributed by atoms with van der Waals surface area (Å²) >= 11 is 0. The Morgan fingerprint density at radius 1 is 1.58 bits per heavy atom. The zero-order valence-electron chi connectivity index (χ0n) is 6.76. The van der Waals surface area contributed by atoms with Gasteiger partial charge in [0.2, 0.25) is 0 Å². The second kappa shape index (κ2) is 4.21. The Bertz CT molecular complexity index is 211. The summed E-state index contributed by atoms with van der Waals surface area (Å²) in [4.78, 5) is 0. The maximum atomic E-state index is 12.2. The predicted molar refractivity (Wildman–Crippen MR) is 41.3 cm³/mol. The van der Waals surface area contributed by atoms with Crippen LogP contribution >= 0.6 is 0 Å². The van der Waals surface area contributed by atoms with Gasteiger partial charge < -0.3 is 9.73 Å². The highest BCUT2D eigenvalue weighted by Crippen LogP contribution is 2.09. The summed E-state index contributed by atoms with van der Waals surface area (Å²) < 4.78 is 29.2. The molecule has 1 N–H and O–H groups in total. The van der Waals surface area contributed by atoms with Crippen LogP contribution in [0.5, 0.6) is 0 Å². The van der Waals surface area contributed by atoms with E-state index in [2.05, 4.69) is 5.32 Å². The quantitative estimate of drug-likeness (QED) is 0.753. The van der Waals surface area contributed by atoms with E-state index in [4.69, 9.17) is 4.42 Å². The molecule has 0 bridgehead atoms. The summed E-state index contributed by atoms with van der Waals surface area (Å²) in [6, 6.07) is 0.898. The van der Waals surface area contributed by atoms with Crippen molar-refractivity contribution in [3.05, 3.63) is 24.2 Å². The molecule has 0 aromatic carbocycles. The third kappa shape index (κ3) is 2.30. The molecular formula is C8H11F2NO. The number of rotatable bonds is 4. The normalized spacial score (nSPS) is 13.7. The van der Waals surface area contributed by atoms with Gasteiger partial charge in [-0.2, -0.15) is 0 Å². The highest BCUT2D eigenvalue weighted by Gasteiger charge is 2.18. The van der Waals surface area contributed by atoms with E-state index in [1.807, 2.05) is 0 Å². The van der Waals surface area contributed by atoms with Crippen LogP contribution in [0.2, 0.25) is 0 Å². The van der Waals surface area contributed by atoms with E-state index in [9.17, 15) is 8.78 Å². The average Bonchev–Trinajstić information content (AvgIpc) is 2.51. The van der Waals surface area contributed by atoms with E-state index in [1.54, 1.807) is 6.07 Å². The van der Waals surface area contributed by atoms with E-state index >= 15 is 0 Å². The fourth-order valence-electron chi connectivity index (χ4n) is 0.980. The molecule has 12 heavy (non-hydrogen) atoms. The Kier molecular flexibility index (Phi) is 3.22. The van der Waals surface area contributed by atoms with Crippen molar-refractivity contribution in [2.75, 3.05) is 7.05 Å². The maximum absolute atomic E-state index is 12.2. The van der Waals surface area contributed by atoms with Crippen molar-refractivity contribution in [1.82, 2.24) is 5.32 Å². The van der Waals surface area contributed by atoms with Gasteiger partial charge in [-0.1, -0.05) is 0 Å². The van der Waals surface area contributed by atoms with Gasteiger partial charge in [-0.15, -0.1) is 0 Å². The Balaban J connectivity index is 2.48. The van der Waals surface area contributed by atoms with Crippen molar-refractivity contribution in [3.63, 3.8) is 0 Å². The molecular weight excluding hydrogens is 164 g/mol. The highest BCUT2D eigenvalue weighted by atomic mass is 19.3. The third-order valence-electron chi connectivity index (χ3n) is 1.71. The van der Waals surface area contributed by atoms with Crippen molar-refractivity contribution >= 4 is 0 Å². The second-order valence-corrected chi connectivity index (χ2v) is 2.57. The van der Waals surface area contributed by atoms with Gasteiger partial charge >= 0.3 is 0 Å². The molecule has 0 fully saturated rings. The predicted octanol–water partition coefficient (Wildman–Crippen LogP) is 1.68. The Morgan fingerprint density at radius 3 is 2.75 bits per heavy atom. The molecule has 1 unspecified atom stereocenters. The van der Waals surface area contributed by atoms with E-state index in [1.165, 1.54) is 19.6 Å². The topological polar surface area (TPSA) is 25.2 Å². The summed E-state index contributed by atoms with van der Waals surface area (Å²) in [5.74, 6) is 0. The molecule has 1 aromatic rings. The minimum Gasteiger partial charge on any atom is -0.472 e. The molecule has 1 rings (SSSR count). The molecule has 68 valence electrons. The number of furan rings is 1. The molecule has 0 amide bonds. The maximum Gasteiger partial charge on any atom is 0.254 e. The van der Waals surface area contributed by atoms with E-state index in [0.717, 1.165) is 5.56 Å². The first-order valence-electron chi connectivity index (χ1n) is 3.70. The highest BCUT2D eigenvalue weighted by molar-refractivity contribution is 5.07. The van der Waals surface area contributed by atoms with Gasteiger partial charge in [-0.3, -0.25) is 0 Å². The van der Waals surface area contributed by atoms with E-state index < -0.39 is 12.5 Å². The van der Waals surface area contributed by atoms with Crippen LogP contribution < -0.4 is 5.32 Å².